The van der Waals surface area contributed by atoms with Crippen molar-refractivity contribution in [3.63, 3.8) is 0 Å². The van der Waals surface area contributed by atoms with Gasteiger partial charge >= 0.3 is 0 Å². The first-order valence-electron chi connectivity index (χ1n) is 6.36. The number of benzene rings is 1. The first-order valence-corrected chi connectivity index (χ1v) is 6.36. The standard InChI is InChI=1S/C14H22FNO2/c1-4-17-14(18-5-2)13(16-3)10-11-8-6-7-9-12(11)15/h6-9,13-14,16H,4-5,10H2,1-3H3. The van der Waals surface area contributed by atoms with Crippen molar-refractivity contribution in [2.45, 2.75) is 32.6 Å². The summed E-state index contributed by atoms with van der Waals surface area (Å²) in [5.41, 5.74) is 0.668. The van der Waals surface area contributed by atoms with Crippen LogP contribution in [-0.4, -0.2) is 32.6 Å². The van der Waals surface area contributed by atoms with Crippen LogP contribution >= 0.6 is 0 Å². The molecular weight excluding hydrogens is 233 g/mol. The molecule has 0 heterocycles. The molecule has 0 radical (unpaired) electrons. The molecule has 102 valence electrons. The molecule has 1 aromatic rings. The van der Waals surface area contributed by atoms with Gasteiger partial charge in [-0.25, -0.2) is 4.39 Å². The fourth-order valence-corrected chi connectivity index (χ4v) is 1.84. The van der Waals surface area contributed by atoms with Crippen LogP contribution in [0.3, 0.4) is 0 Å². The lowest BCUT2D eigenvalue weighted by molar-refractivity contribution is -0.152. The van der Waals surface area contributed by atoms with Crippen LogP contribution in [0.15, 0.2) is 24.3 Å². The third kappa shape index (κ3) is 4.37. The normalized spacial score (nSPS) is 12.9. The van der Waals surface area contributed by atoms with Gasteiger partial charge in [0.25, 0.3) is 0 Å². The molecular formula is C14H22FNO2. The topological polar surface area (TPSA) is 30.5 Å². The summed E-state index contributed by atoms with van der Waals surface area (Å²) in [6, 6.07) is 6.71. The van der Waals surface area contributed by atoms with E-state index in [1.807, 2.05) is 27.0 Å². The quantitative estimate of drug-likeness (QED) is 0.723. The molecule has 0 saturated carbocycles. The second-order valence-electron chi connectivity index (χ2n) is 3.97. The van der Waals surface area contributed by atoms with Gasteiger partial charge in [-0.1, -0.05) is 18.2 Å². The fourth-order valence-electron chi connectivity index (χ4n) is 1.84. The molecule has 0 aliphatic heterocycles. The van der Waals surface area contributed by atoms with Gasteiger partial charge in [0, 0.05) is 13.2 Å². The summed E-state index contributed by atoms with van der Waals surface area (Å²) in [4.78, 5) is 0. The minimum Gasteiger partial charge on any atom is -0.351 e. The van der Waals surface area contributed by atoms with Crippen molar-refractivity contribution in [2.24, 2.45) is 0 Å². The van der Waals surface area contributed by atoms with Crippen molar-refractivity contribution in [2.75, 3.05) is 20.3 Å². The zero-order valence-corrected chi connectivity index (χ0v) is 11.3. The molecule has 1 rings (SSSR count). The van der Waals surface area contributed by atoms with Crippen LogP contribution in [-0.2, 0) is 15.9 Å². The van der Waals surface area contributed by atoms with Gasteiger partial charge in [-0.3, -0.25) is 0 Å². The zero-order chi connectivity index (χ0) is 13.4. The van der Waals surface area contributed by atoms with E-state index in [2.05, 4.69) is 5.32 Å². The number of hydrogen-bond donors (Lipinski definition) is 1. The van der Waals surface area contributed by atoms with Gasteiger partial charge < -0.3 is 14.8 Å². The SMILES string of the molecule is CCOC(OCC)C(Cc1ccccc1F)NC. The van der Waals surface area contributed by atoms with Gasteiger partial charge in [0.1, 0.15) is 5.82 Å². The summed E-state index contributed by atoms with van der Waals surface area (Å²) in [7, 11) is 1.83. The Kier molecular flexibility index (Phi) is 6.86. The van der Waals surface area contributed by atoms with Crippen LogP contribution in [0.25, 0.3) is 0 Å². The summed E-state index contributed by atoms with van der Waals surface area (Å²) >= 11 is 0. The zero-order valence-electron chi connectivity index (χ0n) is 11.3. The smallest absolute Gasteiger partial charge is 0.172 e. The summed E-state index contributed by atoms with van der Waals surface area (Å²) in [5, 5.41) is 3.13. The minimum absolute atomic E-state index is 0.0678. The Morgan fingerprint density at radius 2 is 1.78 bits per heavy atom. The van der Waals surface area contributed by atoms with Crippen LogP contribution in [0.4, 0.5) is 4.39 Å². The Morgan fingerprint density at radius 1 is 1.17 bits per heavy atom. The summed E-state index contributed by atoms with van der Waals surface area (Å²) in [6.07, 6.45) is 0.179. The highest BCUT2D eigenvalue weighted by Gasteiger charge is 2.22. The molecule has 1 aromatic carbocycles. The molecule has 0 saturated heterocycles. The van der Waals surface area contributed by atoms with Gasteiger partial charge in [-0.2, -0.15) is 0 Å². The summed E-state index contributed by atoms with van der Waals surface area (Å²) in [6.45, 7) is 4.98. The maximum atomic E-state index is 13.6. The summed E-state index contributed by atoms with van der Waals surface area (Å²) in [5.74, 6) is -0.190. The molecule has 0 bridgehead atoms. The molecule has 3 nitrogen and oxygen atoms in total. The van der Waals surface area contributed by atoms with Crippen molar-refractivity contribution in [1.29, 1.82) is 0 Å². The molecule has 1 unspecified atom stereocenters. The van der Waals surface area contributed by atoms with Crippen LogP contribution < -0.4 is 5.32 Å². The number of nitrogens with one attached hydrogen (secondary N) is 1. The molecule has 0 aliphatic rings. The Balaban J connectivity index is 2.73. The highest BCUT2D eigenvalue weighted by Crippen LogP contribution is 2.13. The van der Waals surface area contributed by atoms with Crippen molar-refractivity contribution < 1.29 is 13.9 Å². The average Bonchev–Trinajstić information content (AvgIpc) is 2.38. The second kappa shape index (κ2) is 8.19. The summed E-state index contributed by atoms with van der Waals surface area (Å²) < 4.78 is 24.7. The van der Waals surface area contributed by atoms with Crippen molar-refractivity contribution in [3.8, 4) is 0 Å². The monoisotopic (exact) mass is 255 g/mol. The Hall–Kier alpha value is -0.970. The van der Waals surface area contributed by atoms with Crippen LogP contribution in [0.1, 0.15) is 19.4 Å². The number of hydrogen-bond acceptors (Lipinski definition) is 3. The van der Waals surface area contributed by atoms with Gasteiger partial charge in [-0.15, -0.1) is 0 Å². The first-order chi connectivity index (χ1) is 8.72. The molecule has 1 N–H and O–H groups in total. The molecule has 0 spiro atoms. The molecule has 0 fully saturated rings. The van der Waals surface area contributed by atoms with E-state index in [9.17, 15) is 4.39 Å². The van der Waals surface area contributed by atoms with Crippen molar-refractivity contribution in [1.82, 2.24) is 5.32 Å². The van der Waals surface area contributed by atoms with Crippen LogP contribution in [0.2, 0.25) is 0 Å². The van der Waals surface area contributed by atoms with E-state index in [1.54, 1.807) is 12.1 Å². The highest BCUT2D eigenvalue weighted by atomic mass is 19.1. The van der Waals surface area contributed by atoms with Gasteiger partial charge in [-0.05, 0) is 38.9 Å². The Bertz CT molecular complexity index is 340. The van der Waals surface area contributed by atoms with E-state index in [0.717, 1.165) is 0 Å². The van der Waals surface area contributed by atoms with E-state index < -0.39 is 0 Å². The predicted octanol–water partition coefficient (Wildman–Crippen LogP) is 2.36. The third-order valence-corrected chi connectivity index (χ3v) is 2.76. The highest BCUT2D eigenvalue weighted by molar-refractivity contribution is 5.18. The van der Waals surface area contributed by atoms with E-state index in [0.29, 0.717) is 25.2 Å². The molecule has 0 amide bonds. The van der Waals surface area contributed by atoms with E-state index in [4.69, 9.17) is 9.47 Å². The molecule has 0 aromatic heterocycles. The average molecular weight is 255 g/mol. The molecule has 18 heavy (non-hydrogen) atoms. The van der Waals surface area contributed by atoms with E-state index >= 15 is 0 Å². The number of ether oxygens (including phenoxy) is 2. The Morgan fingerprint density at radius 3 is 2.28 bits per heavy atom. The lowest BCUT2D eigenvalue weighted by atomic mass is 10.1. The predicted molar refractivity (Wildman–Crippen MR) is 70.0 cm³/mol. The van der Waals surface area contributed by atoms with Crippen molar-refractivity contribution >= 4 is 0 Å². The molecule has 1 atom stereocenters. The molecule has 0 aliphatic carbocycles. The number of halogens is 1. The van der Waals surface area contributed by atoms with Crippen LogP contribution in [0, 0.1) is 5.82 Å². The lowest BCUT2D eigenvalue weighted by Gasteiger charge is -2.26. The lowest BCUT2D eigenvalue weighted by Crippen LogP contribution is -2.43. The third-order valence-electron chi connectivity index (χ3n) is 2.76. The fraction of sp³-hybridized carbons (Fsp3) is 0.571. The Labute approximate surface area is 108 Å². The first kappa shape index (κ1) is 15.1. The van der Waals surface area contributed by atoms with Gasteiger partial charge in [0.2, 0.25) is 0 Å². The van der Waals surface area contributed by atoms with Crippen molar-refractivity contribution in [3.05, 3.63) is 35.6 Å². The molecule has 4 heteroatoms. The van der Waals surface area contributed by atoms with Crippen LogP contribution in [0.5, 0.6) is 0 Å². The largest absolute Gasteiger partial charge is 0.351 e. The van der Waals surface area contributed by atoms with Gasteiger partial charge in [0.15, 0.2) is 6.29 Å². The number of rotatable bonds is 8. The maximum absolute atomic E-state index is 13.6. The minimum atomic E-state index is -0.357. The van der Waals surface area contributed by atoms with E-state index in [-0.39, 0.29) is 18.1 Å². The second-order valence-corrected chi connectivity index (χ2v) is 3.97. The number of likely N-dealkylation sites (N-methyl/N-ethyl adjacent to an activating group) is 1. The maximum Gasteiger partial charge on any atom is 0.172 e. The van der Waals surface area contributed by atoms with Gasteiger partial charge in [0.05, 0.1) is 6.04 Å². The van der Waals surface area contributed by atoms with E-state index in [1.165, 1.54) is 6.07 Å².